The van der Waals surface area contributed by atoms with Gasteiger partial charge < -0.3 is 5.32 Å². The summed E-state index contributed by atoms with van der Waals surface area (Å²) in [5, 5.41) is 3.51. The van der Waals surface area contributed by atoms with Crippen molar-refractivity contribution in [3.05, 3.63) is 0 Å². The largest absolute Gasteiger partial charge is 0.314 e. The van der Waals surface area contributed by atoms with Gasteiger partial charge in [-0.1, -0.05) is 20.8 Å². The van der Waals surface area contributed by atoms with Gasteiger partial charge in [-0.05, 0) is 31.2 Å². The maximum atomic E-state index is 3.51. The molecule has 0 aromatic carbocycles. The normalized spacial score (nSPS) is 27.3. The molecule has 0 aromatic heterocycles. The maximum Gasteiger partial charge on any atom is 0.00725 e. The Kier molecular flexibility index (Phi) is 2.35. The summed E-state index contributed by atoms with van der Waals surface area (Å²) in [5.41, 5.74) is 0.502. The van der Waals surface area contributed by atoms with Crippen molar-refractivity contribution in [1.82, 2.24) is 5.32 Å². The van der Waals surface area contributed by atoms with E-state index in [2.05, 4.69) is 26.1 Å². The second kappa shape index (κ2) is 2.91. The average Bonchev–Trinajstić information content (AvgIpc) is 2.12. The van der Waals surface area contributed by atoms with Gasteiger partial charge in [-0.25, -0.2) is 0 Å². The monoisotopic (exact) mass is 141 g/mol. The van der Waals surface area contributed by atoms with E-state index in [0.29, 0.717) is 5.41 Å². The van der Waals surface area contributed by atoms with Gasteiger partial charge in [0.2, 0.25) is 0 Å². The fourth-order valence-corrected chi connectivity index (χ4v) is 1.67. The molecule has 10 heavy (non-hydrogen) atoms. The zero-order valence-electron chi connectivity index (χ0n) is 7.41. The van der Waals surface area contributed by atoms with Crippen LogP contribution in [0.3, 0.4) is 0 Å². The van der Waals surface area contributed by atoms with Crippen molar-refractivity contribution in [3.8, 4) is 0 Å². The van der Waals surface area contributed by atoms with Crippen LogP contribution in [0, 0.1) is 5.41 Å². The number of nitrogens with one attached hydrogen (secondary N) is 1. The molecule has 1 N–H and O–H groups in total. The first-order chi connectivity index (χ1) is 4.58. The van der Waals surface area contributed by atoms with Crippen LogP contribution in [-0.2, 0) is 0 Å². The summed E-state index contributed by atoms with van der Waals surface area (Å²) in [6.07, 6.45) is 4.09. The topological polar surface area (TPSA) is 12.0 Å². The van der Waals surface area contributed by atoms with Crippen molar-refractivity contribution in [2.75, 3.05) is 6.54 Å². The van der Waals surface area contributed by atoms with Crippen molar-refractivity contribution in [3.63, 3.8) is 0 Å². The summed E-state index contributed by atoms with van der Waals surface area (Å²) in [6, 6.07) is 0.806. The van der Waals surface area contributed by atoms with Crippen LogP contribution in [0.5, 0.6) is 0 Å². The van der Waals surface area contributed by atoms with Crippen LogP contribution in [0.25, 0.3) is 0 Å². The SMILES string of the molecule is CC(C)(C)C[C@H]1CCCN1. The fraction of sp³-hybridized carbons (Fsp3) is 1.00. The molecular weight excluding hydrogens is 122 g/mol. The lowest BCUT2D eigenvalue weighted by Crippen LogP contribution is -2.26. The molecule has 0 radical (unpaired) electrons. The van der Waals surface area contributed by atoms with Gasteiger partial charge in [-0.2, -0.15) is 0 Å². The van der Waals surface area contributed by atoms with Crippen molar-refractivity contribution in [2.24, 2.45) is 5.41 Å². The third kappa shape index (κ3) is 2.70. The van der Waals surface area contributed by atoms with Crippen LogP contribution < -0.4 is 5.32 Å². The van der Waals surface area contributed by atoms with Crippen molar-refractivity contribution >= 4 is 0 Å². The molecule has 60 valence electrons. The van der Waals surface area contributed by atoms with Gasteiger partial charge in [0.15, 0.2) is 0 Å². The first kappa shape index (κ1) is 8.06. The molecule has 0 unspecified atom stereocenters. The van der Waals surface area contributed by atoms with E-state index >= 15 is 0 Å². The molecule has 1 atom stereocenters. The molecule has 1 heteroatoms. The first-order valence-electron chi connectivity index (χ1n) is 4.31. The van der Waals surface area contributed by atoms with Gasteiger partial charge >= 0.3 is 0 Å². The van der Waals surface area contributed by atoms with Crippen LogP contribution in [0.15, 0.2) is 0 Å². The quantitative estimate of drug-likeness (QED) is 0.590. The molecule has 1 aliphatic rings. The fourth-order valence-electron chi connectivity index (χ4n) is 1.67. The molecule has 1 aliphatic heterocycles. The summed E-state index contributed by atoms with van der Waals surface area (Å²) in [7, 11) is 0. The van der Waals surface area contributed by atoms with Crippen molar-refractivity contribution < 1.29 is 0 Å². The molecule has 0 amide bonds. The molecule has 0 aliphatic carbocycles. The van der Waals surface area contributed by atoms with Gasteiger partial charge in [0.05, 0.1) is 0 Å². The molecule has 1 nitrogen and oxygen atoms in total. The first-order valence-corrected chi connectivity index (χ1v) is 4.31. The van der Waals surface area contributed by atoms with Crippen LogP contribution in [0.2, 0.25) is 0 Å². The number of hydrogen-bond donors (Lipinski definition) is 1. The molecule has 1 saturated heterocycles. The molecule has 1 heterocycles. The third-order valence-corrected chi connectivity index (χ3v) is 2.02. The third-order valence-electron chi connectivity index (χ3n) is 2.02. The highest BCUT2D eigenvalue weighted by Gasteiger charge is 2.20. The van der Waals surface area contributed by atoms with Gasteiger partial charge in [-0.15, -0.1) is 0 Å². The molecule has 0 spiro atoms. The molecule has 1 rings (SSSR count). The second-order valence-electron chi connectivity index (χ2n) is 4.56. The zero-order valence-corrected chi connectivity index (χ0v) is 7.41. The minimum atomic E-state index is 0.502. The van der Waals surface area contributed by atoms with E-state index in [1.54, 1.807) is 0 Å². The Morgan fingerprint density at radius 3 is 2.50 bits per heavy atom. The highest BCUT2D eigenvalue weighted by Crippen LogP contribution is 2.24. The lowest BCUT2D eigenvalue weighted by atomic mass is 9.88. The van der Waals surface area contributed by atoms with E-state index in [4.69, 9.17) is 0 Å². The van der Waals surface area contributed by atoms with E-state index < -0.39 is 0 Å². The van der Waals surface area contributed by atoms with E-state index in [9.17, 15) is 0 Å². The summed E-state index contributed by atoms with van der Waals surface area (Å²) < 4.78 is 0. The van der Waals surface area contributed by atoms with Gasteiger partial charge in [0, 0.05) is 6.04 Å². The summed E-state index contributed by atoms with van der Waals surface area (Å²) in [6.45, 7) is 8.17. The Labute approximate surface area is 64.2 Å². The Morgan fingerprint density at radius 2 is 2.10 bits per heavy atom. The van der Waals surface area contributed by atoms with Gasteiger partial charge in [0.1, 0.15) is 0 Å². The summed E-state index contributed by atoms with van der Waals surface area (Å²) in [5.74, 6) is 0. The standard InChI is InChI=1S/C9H19N/c1-9(2,3)7-8-5-4-6-10-8/h8,10H,4-7H2,1-3H3/t8-/m1/s1. The Balaban J connectivity index is 2.24. The van der Waals surface area contributed by atoms with Crippen LogP contribution in [0.4, 0.5) is 0 Å². The van der Waals surface area contributed by atoms with Crippen molar-refractivity contribution in [1.29, 1.82) is 0 Å². The molecule has 1 fully saturated rings. The van der Waals surface area contributed by atoms with Gasteiger partial charge in [0.25, 0.3) is 0 Å². The van der Waals surface area contributed by atoms with Crippen LogP contribution in [-0.4, -0.2) is 12.6 Å². The Hall–Kier alpha value is -0.0400. The van der Waals surface area contributed by atoms with E-state index in [1.807, 2.05) is 0 Å². The summed E-state index contributed by atoms with van der Waals surface area (Å²) >= 11 is 0. The molecule has 0 saturated carbocycles. The Morgan fingerprint density at radius 1 is 1.40 bits per heavy atom. The number of hydrogen-bond acceptors (Lipinski definition) is 1. The minimum absolute atomic E-state index is 0.502. The van der Waals surface area contributed by atoms with E-state index in [0.717, 1.165) is 6.04 Å². The highest BCUT2D eigenvalue weighted by atomic mass is 14.9. The zero-order chi connectivity index (χ0) is 7.61. The smallest absolute Gasteiger partial charge is 0.00725 e. The average molecular weight is 141 g/mol. The second-order valence-corrected chi connectivity index (χ2v) is 4.56. The number of rotatable bonds is 1. The lowest BCUT2D eigenvalue weighted by molar-refractivity contribution is 0.325. The van der Waals surface area contributed by atoms with Crippen LogP contribution >= 0.6 is 0 Å². The maximum absolute atomic E-state index is 3.51. The molecule has 0 aromatic rings. The van der Waals surface area contributed by atoms with Gasteiger partial charge in [-0.3, -0.25) is 0 Å². The minimum Gasteiger partial charge on any atom is -0.314 e. The predicted molar refractivity (Wildman–Crippen MR) is 45.1 cm³/mol. The molecular formula is C9H19N. The van der Waals surface area contributed by atoms with E-state index in [1.165, 1.54) is 25.8 Å². The highest BCUT2D eigenvalue weighted by molar-refractivity contribution is 4.78. The summed E-state index contributed by atoms with van der Waals surface area (Å²) in [4.78, 5) is 0. The van der Waals surface area contributed by atoms with Crippen molar-refractivity contribution in [2.45, 2.75) is 46.1 Å². The van der Waals surface area contributed by atoms with E-state index in [-0.39, 0.29) is 0 Å². The predicted octanol–water partition coefficient (Wildman–Crippen LogP) is 2.17. The molecule has 0 bridgehead atoms. The van der Waals surface area contributed by atoms with Crippen LogP contribution in [0.1, 0.15) is 40.0 Å². The Bertz CT molecular complexity index is 95.8. The lowest BCUT2D eigenvalue weighted by Gasteiger charge is -2.22.